The second-order valence-corrected chi connectivity index (χ2v) is 5.04. The van der Waals surface area contributed by atoms with Crippen LogP contribution in [0.15, 0.2) is 0 Å². The molecule has 0 saturated heterocycles. The van der Waals surface area contributed by atoms with E-state index in [2.05, 4.69) is 10.1 Å². The molecule has 0 spiro atoms. The van der Waals surface area contributed by atoms with Crippen LogP contribution in [-0.4, -0.2) is 41.6 Å². The Hall–Kier alpha value is -1.63. The molecule has 4 N–H and O–H groups in total. The van der Waals surface area contributed by atoms with Gasteiger partial charge in [0.25, 0.3) is 0 Å². The van der Waals surface area contributed by atoms with Gasteiger partial charge in [-0.2, -0.15) is 0 Å². The first kappa shape index (κ1) is 15.4. The quantitative estimate of drug-likeness (QED) is 0.544. The van der Waals surface area contributed by atoms with Gasteiger partial charge in [0.2, 0.25) is 5.91 Å². The molecular weight excluding hydrogens is 252 g/mol. The summed E-state index contributed by atoms with van der Waals surface area (Å²) in [5, 5.41) is 11.4. The van der Waals surface area contributed by atoms with E-state index >= 15 is 0 Å². The van der Waals surface area contributed by atoms with Gasteiger partial charge < -0.3 is 20.9 Å². The number of carbonyl (C=O) groups is 3. The fourth-order valence-corrected chi connectivity index (χ4v) is 1.80. The minimum Gasteiger partial charge on any atom is -0.480 e. The SMILES string of the molecule is COC(=O)CC[C@H](NC(=O)C(C)(N)C1CC1)C(=O)O. The number of amides is 1. The van der Waals surface area contributed by atoms with Crippen molar-refractivity contribution in [3.63, 3.8) is 0 Å². The number of rotatable bonds is 7. The maximum absolute atomic E-state index is 12.0. The molecule has 2 atom stereocenters. The minimum atomic E-state index is -1.19. The van der Waals surface area contributed by atoms with E-state index in [4.69, 9.17) is 10.8 Å². The van der Waals surface area contributed by atoms with Gasteiger partial charge in [-0.15, -0.1) is 0 Å². The largest absolute Gasteiger partial charge is 0.480 e. The van der Waals surface area contributed by atoms with Gasteiger partial charge in [0.05, 0.1) is 12.6 Å². The van der Waals surface area contributed by atoms with Gasteiger partial charge in [0.1, 0.15) is 6.04 Å². The van der Waals surface area contributed by atoms with Crippen molar-refractivity contribution in [2.24, 2.45) is 11.7 Å². The lowest BCUT2D eigenvalue weighted by Crippen LogP contribution is -2.57. The third-order valence-corrected chi connectivity index (χ3v) is 3.38. The van der Waals surface area contributed by atoms with Crippen LogP contribution in [0.3, 0.4) is 0 Å². The fourth-order valence-electron chi connectivity index (χ4n) is 1.80. The summed E-state index contributed by atoms with van der Waals surface area (Å²) in [5.74, 6) is -2.10. The van der Waals surface area contributed by atoms with Crippen LogP contribution in [0.1, 0.15) is 32.6 Å². The molecule has 1 aliphatic carbocycles. The number of hydrogen-bond acceptors (Lipinski definition) is 5. The number of ether oxygens (including phenoxy) is 1. The average Bonchev–Trinajstić information content (AvgIpc) is 3.17. The summed E-state index contributed by atoms with van der Waals surface area (Å²) < 4.78 is 4.43. The van der Waals surface area contributed by atoms with E-state index < -0.39 is 29.4 Å². The lowest BCUT2D eigenvalue weighted by Gasteiger charge is -2.25. The fraction of sp³-hybridized carbons (Fsp3) is 0.750. The first-order chi connectivity index (χ1) is 8.78. The Morgan fingerprint density at radius 1 is 1.47 bits per heavy atom. The van der Waals surface area contributed by atoms with Crippen LogP contribution < -0.4 is 11.1 Å². The van der Waals surface area contributed by atoms with E-state index in [1.54, 1.807) is 6.92 Å². The number of carbonyl (C=O) groups excluding carboxylic acids is 2. The van der Waals surface area contributed by atoms with Crippen molar-refractivity contribution in [3.8, 4) is 0 Å². The standard InChI is InChI=1S/C12H20N2O5/c1-12(13,7-3-4-7)11(18)14-8(10(16)17)5-6-9(15)19-2/h7-8H,3-6,13H2,1-2H3,(H,14,18)(H,16,17)/t8-,12?/m0/s1. The molecule has 0 heterocycles. The highest BCUT2D eigenvalue weighted by Gasteiger charge is 2.44. The molecule has 1 aliphatic rings. The van der Waals surface area contributed by atoms with Gasteiger partial charge in [-0.1, -0.05) is 0 Å². The van der Waals surface area contributed by atoms with Crippen molar-refractivity contribution in [2.45, 2.75) is 44.2 Å². The summed E-state index contributed by atoms with van der Waals surface area (Å²) in [6.07, 6.45) is 1.66. The van der Waals surface area contributed by atoms with E-state index in [0.29, 0.717) is 0 Å². The Morgan fingerprint density at radius 3 is 2.47 bits per heavy atom. The number of nitrogens with two attached hydrogens (primary N) is 1. The van der Waals surface area contributed by atoms with Crippen LogP contribution in [0.2, 0.25) is 0 Å². The summed E-state index contributed by atoms with van der Waals surface area (Å²) in [4.78, 5) is 34.0. The highest BCUT2D eigenvalue weighted by Crippen LogP contribution is 2.38. The molecule has 1 saturated carbocycles. The van der Waals surface area contributed by atoms with E-state index in [1.165, 1.54) is 7.11 Å². The molecule has 1 fully saturated rings. The van der Waals surface area contributed by atoms with Crippen LogP contribution in [0, 0.1) is 5.92 Å². The van der Waals surface area contributed by atoms with Crippen molar-refractivity contribution >= 4 is 17.8 Å². The second-order valence-electron chi connectivity index (χ2n) is 5.04. The third-order valence-electron chi connectivity index (χ3n) is 3.38. The molecule has 0 radical (unpaired) electrons. The lowest BCUT2D eigenvalue weighted by atomic mass is 9.95. The number of esters is 1. The molecule has 0 aromatic heterocycles. The molecule has 1 unspecified atom stereocenters. The molecule has 0 aromatic carbocycles. The zero-order valence-corrected chi connectivity index (χ0v) is 11.1. The summed E-state index contributed by atoms with van der Waals surface area (Å²) in [7, 11) is 1.22. The first-order valence-corrected chi connectivity index (χ1v) is 6.18. The van der Waals surface area contributed by atoms with Crippen molar-refractivity contribution in [2.75, 3.05) is 7.11 Å². The highest BCUT2D eigenvalue weighted by atomic mass is 16.5. The topological polar surface area (TPSA) is 119 Å². The van der Waals surface area contributed by atoms with E-state index in [9.17, 15) is 14.4 Å². The molecule has 0 aliphatic heterocycles. The molecule has 7 nitrogen and oxygen atoms in total. The Bertz CT molecular complexity index is 376. The summed E-state index contributed by atoms with van der Waals surface area (Å²) in [6, 6.07) is -1.13. The summed E-state index contributed by atoms with van der Waals surface area (Å²) in [6.45, 7) is 1.60. The number of hydrogen-bond donors (Lipinski definition) is 3. The van der Waals surface area contributed by atoms with Crippen LogP contribution in [-0.2, 0) is 19.1 Å². The van der Waals surface area contributed by atoms with Crippen molar-refractivity contribution < 1.29 is 24.2 Å². The van der Waals surface area contributed by atoms with Gasteiger partial charge in [-0.25, -0.2) is 4.79 Å². The van der Waals surface area contributed by atoms with Crippen LogP contribution in [0.4, 0.5) is 0 Å². The maximum Gasteiger partial charge on any atom is 0.326 e. The van der Waals surface area contributed by atoms with Crippen molar-refractivity contribution in [3.05, 3.63) is 0 Å². The van der Waals surface area contributed by atoms with Crippen LogP contribution in [0.25, 0.3) is 0 Å². The van der Waals surface area contributed by atoms with E-state index in [-0.39, 0.29) is 18.8 Å². The minimum absolute atomic E-state index is 0.0194. The van der Waals surface area contributed by atoms with E-state index in [0.717, 1.165) is 12.8 Å². The number of aliphatic carboxylic acids is 1. The first-order valence-electron chi connectivity index (χ1n) is 6.18. The molecular formula is C12H20N2O5. The predicted octanol–water partition coefficient (Wildman–Crippen LogP) is -0.364. The lowest BCUT2D eigenvalue weighted by molar-refractivity contribution is -0.144. The third kappa shape index (κ3) is 4.20. The molecule has 7 heteroatoms. The molecule has 0 bridgehead atoms. The number of carboxylic acids is 1. The Morgan fingerprint density at radius 2 is 2.05 bits per heavy atom. The monoisotopic (exact) mass is 272 g/mol. The Kier molecular flexibility index (Phi) is 4.88. The average molecular weight is 272 g/mol. The van der Waals surface area contributed by atoms with Crippen LogP contribution >= 0.6 is 0 Å². The summed E-state index contributed by atoms with van der Waals surface area (Å²) in [5.41, 5.74) is 4.84. The van der Waals surface area contributed by atoms with Gasteiger partial charge in [0, 0.05) is 6.42 Å². The van der Waals surface area contributed by atoms with Crippen LogP contribution in [0.5, 0.6) is 0 Å². The number of methoxy groups -OCH3 is 1. The smallest absolute Gasteiger partial charge is 0.326 e. The number of nitrogens with one attached hydrogen (secondary N) is 1. The van der Waals surface area contributed by atoms with Gasteiger partial charge in [-0.05, 0) is 32.1 Å². The van der Waals surface area contributed by atoms with E-state index in [1.807, 2.05) is 0 Å². The van der Waals surface area contributed by atoms with Gasteiger partial charge in [-0.3, -0.25) is 9.59 Å². The Labute approximate surface area is 111 Å². The Balaban J connectivity index is 2.55. The molecule has 19 heavy (non-hydrogen) atoms. The normalized spacial score (nSPS) is 19.1. The zero-order valence-electron chi connectivity index (χ0n) is 11.1. The molecule has 1 rings (SSSR count). The second kappa shape index (κ2) is 6.01. The highest BCUT2D eigenvalue weighted by molar-refractivity contribution is 5.90. The zero-order chi connectivity index (χ0) is 14.6. The molecule has 108 valence electrons. The molecule has 1 amide bonds. The summed E-state index contributed by atoms with van der Waals surface area (Å²) >= 11 is 0. The van der Waals surface area contributed by atoms with Crippen molar-refractivity contribution in [1.29, 1.82) is 0 Å². The maximum atomic E-state index is 12.0. The number of carboxylic acid groups (broad SMARTS) is 1. The predicted molar refractivity (Wildman–Crippen MR) is 66.1 cm³/mol. The van der Waals surface area contributed by atoms with Crippen molar-refractivity contribution in [1.82, 2.24) is 5.32 Å². The van der Waals surface area contributed by atoms with Gasteiger partial charge in [0.15, 0.2) is 0 Å². The molecule has 0 aromatic rings. The van der Waals surface area contributed by atoms with Gasteiger partial charge >= 0.3 is 11.9 Å².